The van der Waals surface area contributed by atoms with Crippen molar-refractivity contribution >= 4 is 5.91 Å². The van der Waals surface area contributed by atoms with Crippen molar-refractivity contribution in [3.05, 3.63) is 52.8 Å². The van der Waals surface area contributed by atoms with E-state index in [-0.39, 0.29) is 18.0 Å². The summed E-state index contributed by atoms with van der Waals surface area (Å²) in [6.07, 6.45) is 1.60. The number of rotatable bonds is 5. The van der Waals surface area contributed by atoms with Crippen molar-refractivity contribution in [3.8, 4) is 0 Å². The third kappa shape index (κ3) is 4.10. The van der Waals surface area contributed by atoms with E-state index in [0.29, 0.717) is 11.6 Å². The average molecular weight is 341 g/mol. The molecular weight excluding hydrogens is 314 g/mol. The van der Waals surface area contributed by atoms with Crippen molar-refractivity contribution in [1.82, 2.24) is 15.1 Å². The van der Waals surface area contributed by atoms with Crippen molar-refractivity contribution < 1.29 is 9.90 Å². The number of hydrogen-bond donors (Lipinski definition) is 2. The van der Waals surface area contributed by atoms with Gasteiger partial charge in [-0.2, -0.15) is 5.10 Å². The van der Waals surface area contributed by atoms with E-state index in [1.165, 1.54) is 0 Å². The standard InChI is InChI=1S/C20H27N3O2/c1-13-5-7-15(8-6-13)18(24)12-21-19(25)16-11-17(14-9-10-14)23(22-16)20(2,3)4/h5-8,11,14,18,24H,9-10,12H2,1-4H3,(H,21,25). The van der Waals surface area contributed by atoms with E-state index in [4.69, 9.17) is 0 Å². The molecule has 0 bridgehead atoms. The predicted molar refractivity (Wildman–Crippen MR) is 97.7 cm³/mol. The Labute approximate surface area is 149 Å². The van der Waals surface area contributed by atoms with Gasteiger partial charge in [-0.25, -0.2) is 0 Å². The highest BCUT2D eigenvalue weighted by Crippen LogP contribution is 2.41. The van der Waals surface area contributed by atoms with E-state index in [1.54, 1.807) is 0 Å². The van der Waals surface area contributed by atoms with Crippen molar-refractivity contribution in [2.75, 3.05) is 6.54 Å². The van der Waals surface area contributed by atoms with Gasteiger partial charge in [0.15, 0.2) is 0 Å². The van der Waals surface area contributed by atoms with Gasteiger partial charge in [-0.15, -0.1) is 0 Å². The number of nitrogens with zero attached hydrogens (tertiary/aromatic N) is 2. The van der Waals surface area contributed by atoms with Crippen LogP contribution < -0.4 is 5.32 Å². The minimum Gasteiger partial charge on any atom is -0.387 e. The van der Waals surface area contributed by atoms with E-state index in [0.717, 1.165) is 29.7 Å². The summed E-state index contributed by atoms with van der Waals surface area (Å²) in [5.74, 6) is 0.280. The molecule has 5 heteroatoms. The number of aliphatic hydroxyl groups excluding tert-OH is 1. The van der Waals surface area contributed by atoms with Crippen molar-refractivity contribution in [2.24, 2.45) is 0 Å². The van der Waals surface area contributed by atoms with Gasteiger partial charge in [0.25, 0.3) is 5.91 Å². The van der Waals surface area contributed by atoms with Crippen LogP contribution in [0.2, 0.25) is 0 Å². The summed E-state index contributed by atoms with van der Waals surface area (Å²) in [6.45, 7) is 8.45. The van der Waals surface area contributed by atoms with Gasteiger partial charge in [0.05, 0.1) is 11.6 Å². The van der Waals surface area contributed by atoms with Gasteiger partial charge < -0.3 is 10.4 Å². The highest BCUT2D eigenvalue weighted by atomic mass is 16.3. The molecule has 2 N–H and O–H groups in total. The molecule has 1 aliphatic carbocycles. The number of amides is 1. The van der Waals surface area contributed by atoms with Crippen LogP contribution in [0.5, 0.6) is 0 Å². The first-order valence-electron chi connectivity index (χ1n) is 8.89. The molecular formula is C20H27N3O2. The predicted octanol–water partition coefficient (Wildman–Crippen LogP) is 3.29. The summed E-state index contributed by atoms with van der Waals surface area (Å²) in [6, 6.07) is 9.56. The fraction of sp³-hybridized carbons (Fsp3) is 0.500. The maximum atomic E-state index is 12.5. The van der Waals surface area contributed by atoms with Gasteiger partial charge in [0.2, 0.25) is 0 Å². The monoisotopic (exact) mass is 341 g/mol. The molecule has 1 unspecified atom stereocenters. The van der Waals surface area contributed by atoms with Gasteiger partial charge in [-0.3, -0.25) is 9.48 Å². The molecule has 1 atom stereocenters. The van der Waals surface area contributed by atoms with Crippen molar-refractivity contribution in [2.45, 2.75) is 58.1 Å². The Morgan fingerprint density at radius 3 is 2.52 bits per heavy atom. The lowest BCUT2D eigenvalue weighted by molar-refractivity contribution is 0.0909. The molecule has 0 spiro atoms. The molecule has 0 radical (unpaired) electrons. The van der Waals surface area contributed by atoms with E-state index in [2.05, 4.69) is 31.2 Å². The van der Waals surface area contributed by atoms with Gasteiger partial charge in [-0.1, -0.05) is 29.8 Å². The Kier molecular flexibility index (Phi) is 4.69. The van der Waals surface area contributed by atoms with Crippen LogP contribution in [0.3, 0.4) is 0 Å². The normalized spacial score (nSPS) is 15.9. The van der Waals surface area contributed by atoms with Gasteiger partial charge in [0, 0.05) is 18.2 Å². The highest BCUT2D eigenvalue weighted by Gasteiger charge is 2.32. The molecule has 2 aromatic rings. The van der Waals surface area contributed by atoms with Crippen LogP contribution >= 0.6 is 0 Å². The van der Waals surface area contributed by atoms with E-state index in [9.17, 15) is 9.90 Å². The summed E-state index contributed by atoms with van der Waals surface area (Å²) in [7, 11) is 0. The van der Waals surface area contributed by atoms with Crippen LogP contribution in [0.25, 0.3) is 0 Å². The molecule has 0 saturated heterocycles. The molecule has 1 aliphatic rings. The smallest absolute Gasteiger partial charge is 0.271 e. The Bertz CT molecular complexity index is 752. The minimum absolute atomic E-state index is 0.155. The Hall–Kier alpha value is -2.14. The third-order valence-corrected chi connectivity index (χ3v) is 4.52. The molecule has 3 rings (SSSR count). The summed E-state index contributed by atoms with van der Waals surface area (Å²) in [4.78, 5) is 12.5. The molecule has 1 fully saturated rings. The number of aliphatic hydroxyl groups is 1. The number of carbonyl (C=O) groups is 1. The summed E-state index contributed by atoms with van der Waals surface area (Å²) in [5.41, 5.74) is 3.34. The molecule has 134 valence electrons. The molecule has 1 amide bonds. The summed E-state index contributed by atoms with van der Waals surface area (Å²) >= 11 is 0. The maximum Gasteiger partial charge on any atom is 0.271 e. The SMILES string of the molecule is Cc1ccc(C(O)CNC(=O)c2cc(C3CC3)n(C(C)(C)C)n2)cc1. The lowest BCUT2D eigenvalue weighted by atomic mass is 10.1. The number of hydrogen-bond acceptors (Lipinski definition) is 3. The lowest BCUT2D eigenvalue weighted by Crippen LogP contribution is -2.30. The van der Waals surface area contributed by atoms with Crippen molar-refractivity contribution in [3.63, 3.8) is 0 Å². The molecule has 1 aromatic carbocycles. The van der Waals surface area contributed by atoms with E-state index in [1.807, 2.05) is 41.9 Å². The van der Waals surface area contributed by atoms with Gasteiger partial charge in [-0.05, 0) is 52.2 Å². The topological polar surface area (TPSA) is 67.2 Å². The van der Waals surface area contributed by atoms with Crippen LogP contribution in [0.4, 0.5) is 0 Å². The number of aryl methyl sites for hydroxylation is 1. The minimum atomic E-state index is -0.725. The van der Waals surface area contributed by atoms with Gasteiger partial charge >= 0.3 is 0 Å². The molecule has 1 aromatic heterocycles. The fourth-order valence-electron chi connectivity index (χ4n) is 2.90. The Morgan fingerprint density at radius 2 is 1.96 bits per heavy atom. The van der Waals surface area contributed by atoms with Crippen LogP contribution in [0, 0.1) is 6.92 Å². The zero-order valence-electron chi connectivity index (χ0n) is 15.4. The maximum absolute atomic E-state index is 12.5. The zero-order chi connectivity index (χ0) is 18.2. The number of carbonyl (C=O) groups excluding carboxylic acids is 1. The second-order valence-corrected chi connectivity index (χ2v) is 7.95. The van der Waals surface area contributed by atoms with E-state index < -0.39 is 6.10 Å². The van der Waals surface area contributed by atoms with Crippen LogP contribution in [0.1, 0.15) is 72.9 Å². The lowest BCUT2D eigenvalue weighted by Gasteiger charge is -2.22. The fourth-order valence-corrected chi connectivity index (χ4v) is 2.90. The van der Waals surface area contributed by atoms with Crippen LogP contribution in [-0.4, -0.2) is 27.3 Å². The largest absolute Gasteiger partial charge is 0.387 e. The second kappa shape index (κ2) is 6.64. The first kappa shape index (κ1) is 17.7. The van der Waals surface area contributed by atoms with Gasteiger partial charge in [0.1, 0.15) is 5.69 Å². The Morgan fingerprint density at radius 1 is 1.32 bits per heavy atom. The van der Waals surface area contributed by atoms with Crippen LogP contribution in [0.15, 0.2) is 30.3 Å². The van der Waals surface area contributed by atoms with Crippen LogP contribution in [-0.2, 0) is 5.54 Å². The Balaban J connectivity index is 1.68. The van der Waals surface area contributed by atoms with Crippen molar-refractivity contribution in [1.29, 1.82) is 0 Å². The number of aromatic nitrogens is 2. The second-order valence-electron chi connectivity index (χ2n) is 7.95. The number of benzene rings is 1. The average Bonchev–Trinajstić information content (AvgIpc) is 3.29. The molecule has 0 aliphatic heterocycles. The molecule has 1 heterocycles. The summed E-state index contributed by atoms with van der Waals surface area (Å²) < 4.78 is 1.97. The molecule has 1 saturated carbocycles. The quantitative estimate of drug-likeness (QED) is 0.877. The number of nitrogens with one attached hydrogen (secondary N) is 1. The van der Waals surface area contributed by atoms with E-state index >= 15 is 0 Å². The first-order chi connectivity index (χ1) is 11.8. The molecule has 5 nitrogen and oxygen atoms in total. The zero-order valence-corrected chi connectivity index (χ0v) is 15.4. The summed E-state index contributed by atoms with van der Waals surface area (Å²) in [5, 5.41) is 17.6. The molecule has 25 heavy (non-hydrogen) atoms. The third-order valence-electron chi connectivity index (χ3n) is 4.52. The first-order valence-corrected chi connectivity index (χ1v) is 8.89. The highest BCUT2D eigenvalue weighted by molar-refractivity contribution is 5.92.